The summed E-state index contributed by atoms with van der Waals surface area (Å²) in [6.45, 7) is 10.6. The van der Waals surface area contributed by atoms with Gasteiger partial charge in [-0.1, -0.05) is 20.8 Å². The number of hydrogen-bond acceptors (Lipinski definition) is 2. The highest BCUT2D eigenvalue weighted by molar-refractivity contribution is 5.13. The van der Waals surface area contributed by atoms with E-state index >= 15 is 0 Å². The number of aryl methyl sites for hydroxylation is 2. The van der Waals surface area contributed by atoms with Crippen molar-refractivity contribution in [2.24, 2.45) is 5.92 Å². The van der Waals surface area contributed by atoms with Crippen molar-refractivity contribution in [2.45, 2.75) is 40.5 Å². The molecule has 2 nitrogen and oxygen atoms in total. The molecule has 0 aliphatic carbocycles. The Hall–Kier alpha value is -0.920. The van der Waals surface area contributed by atoms with Crippen LogP contribution in [0, 0.1) is 19.8 Å². The lowest BCUT2D eigenvalue weighted by Gasteiger charge is -2.15. The van der Waals surface area contributed by atoms with E-state index in [1.54, 1.807) is 0 Å². The van der Waals surface area contributed by atoms with Crippen molar-refractivity contribution in [2.75, 3.05) is 0 Å². The normalized spacial score (nSPS) is 13.4. The van der Waals surface area contributed by atoms with E-state index in [1.807, 2.05) is 20.0 Å². The Morgan fingerprint density at radius 3 is 2.15 bits per heavy atom. The molecule has 1 atom stereocenters. The fraction of sp³-hybridized carbons (Fsp3) is 0.636. The fourth-order valence-corrected chi connectivity index (χ4v) is 1.12. The van der Waals surface area contributed by atoms with E-state index < -0.39 is 0 Å². The van der Waals surface area contributed by atoms with Crippen molar-refractivity contribution in [1.29, 1.82) is 0 Å². The van der Waals surface area contributed by atoms with Crippen LogP contribution in [0.4, 0.5) is 0 Å². The summed E-state index contributed by atoms with van der Waals surface area (Å²) in [6.07, 6.45) is 1.90. The van der Waals surface area contributed by atoms with Crippen molar-refractivity contribution < 1.29 is 0 Å². The van der Waals surface area contributed by atoms with Crippen molar-refractivity contribution in [1.82, 2.24) is 9.97 Å². The fourth-order valence-electron chi connectivity index (χ4n) is 1.12. The van der Waals surface area contributed by atoms with Crippen LogP contribution in [0.1, 0.15) is 43.8 Å². The minimum Gasteiger partial charge on any atom is -0.258 e. The average molecular weight is 178 g/mol. The zero-order valence-corrected chi connectivity index (χ0v) is 9.13. The highest BCUT2D eigenvalue weighted by Crippen LogP contribution is 2.21. The molecule has 0 aromatic carbocycles. The Kier molecular flexibility index (Phi) is 3.02. The third kappa shape index (κ3) is 2.27. The van der Waals surface area contributed by atoms with Gasteiger partial charge >= 0.3 is 0 Å². The van der Waals surface area contributed by atoms with Gasteiger partial charge in [-0.05, 0) is 19.8 Å². The lowest BCUT2D eigenvalue weighted by atomic mass is 9.95. The van der Waals surface area contributed by atoms with Gasteiger partial charge in [-0.15, -0.1) is 0 Å². The summed E-state index contributed by atoms with van der Waals surface area (Å²) >= 11 is 0. The summed E-state index contributed by atoms with van der Waals surface area (Å²) in [5.41, 5.74) is 3.18. The highest BCUT2D eigenvalue weighted by atomic mass is 14.8. The summed E-state index contributed by atoms with van der Waals surface area (Å²) in [4.78, 5) is 8.85. The molecule has 1 rings (SSSR count). The van der Waals surface area contributed by atoms with Crippen LogP contribution in [0.15, 0.2) is 6.20 Å². The smallest absolute Gasteiger partial charge is 0.0620 e. The van der Waals surface area contributed by atoms with E-state index in [-0.39, 0.29) is 0 Å². The first-order valence-corrected chi connectivity index (χ1v) is 4.82. The van der Waals surface area contributed by atoms with Gasteiger partial charge in [-0.2, -0.15) is 0 Å². The Morgan fingerprint density at radius 2 is 1.69 bits per heavy atom. The molecule has 72 valence electrons. The molecular formula is C11H18N2. The molecule has 0 saturated carbocycles. The molecule has 0 fully saturated rings. The number of hydrogen-bond donors (Lipinski definition) is 0. The first-order chi connectivity index (χ1) is 6.02. The van der Waals surface area contributed by atoms with E-state index in [1.165, 1.54) is 0 Å². The maximum atomic E-state index is 4.53. The Balaban J connectivity index is 2.97. The standard InChI is InChI=1S/C11H18N2/c1-7(2)8(3)11-6-12-9(4)10(5)13-11/h6-8H,1-5H3. The van der Waals surface area contributed by atoms with Gasteiger partial charge in [0.05, 0.1) is 17.1 Å². The van der Waals surface area contributed by atoms with Gasteiger partial charge in [0.1, 0.15) is 0 Å². The molecule has 0 spiro atoms. The SMILES string of the molecule is Cc1ncc(C(C)C(C)C)nc1C. The van der Waals surface area contributed by atoms with E-state index in [0.29, 0.717) is 11.8 Å². The zero-order chi connectivity index (χ0) is 10.0. The molecule has 0 N–H and O–H groups in total. The molecule has 2 heteroatoms. The summed E-state index contributed by atoms with van der Waals surface area (Å²) < 4.78 is 0. The number of aromatic nitrogens is 2. The van der Waals surface area contributed by atoms with E-state index in [9.17, 15) is 0 Å². The lowest BCUT2D eigenvalue weighted by molar-refractivity contribution is 0.520. The summed E-state index contributed by atoms with van der Waals surface area (Å²) in [6, 6.07) is 0. The van der Waals surface area contributed by atoms with Gasteiger partial charge in [-0.3, -0.25) is 9.97 Å². The predicted octanol–water partition coefficient (Wildman–Crippen LogP) is 2.85. The van der Waals surface area contributed by atoms with Crippen LogP contribution in [0.3, 0.4) is 0 Å². The Labute approximate surface area is 80.4 Å². The van der Waals surface area contributed by atoms with Gasteiger partial charge in [0.15, 0.2) is 0 Å². The van der Waals surface area contributed by atoms with E-state index in [0.717, 1.165) is 17.1 Å². The summed E-state index contributed by atoms with van der Waals surface area (Å²) in [7, 11) is 0. The molecule has 0 bridgehead atoms. The van der Waals surface area contributed by atoms with E-state index in [2.05, 4.69) is 30.7 Å². The predicted molar refractivity (Wildman–Crippen MR) is 54.8 cm³/mol. The van der Waals surface area contributed by atoms with Crippen molar-refractivity contribution >= 4 is 0 Å². The molecule has 1 aromatic rings. The van der Waals surface area contributed by atoms with Gasteiger partial charge in [0.25, 0.3) is 0 Å². The molecule has 0 amide bonds. The largest absolute Gasteiger partial charge is 0.258 e. The Bertz CT molecular complexity index is 292. The molecule has 0 saturated heterocycles. The quantitative estimate of drug-likeness (QED) is 0.696. The van der Waals surface area contributed by atoms with Crippen LogP contribution in [0.25, 0.3) is 0 Å². The number of rotatable bonds is 2. The average Bonchev–Trinajstić information content (AvgIpc) is 2.08. The van der Waals surface area contributed by atoms with Crippen molar-refractivity contribution in [3.05, 3.63) is 23.3 Å². The minimum atomic E-state index is 0.492. The van der Waals surface area contributed by atoms with Gasteiger partial charge in [0.2, 0.25) is 0 Å². The molecule has 0 aliphatic heterocycles. The summed E-state index contributed by atoms with van der Waals surface area (Å²) in [5, 5.41) is 0. The van der Waals surface area contributed by atoms with Gasteiger partial charge in [-0.25, -0.2) is 0 Å². The number of nitrogens with zero attached hydrogens (tertiary/aromatic N) is 2. The topological polar surface area (TPSA) is 25.8 Å². The second-order valence-electron chi connectivity index (χ2n) is 4.00. The highest BCUT2D eigenvalue weighted by Gasteiger charge is 2.12. The van der Waals surface area contributed by atoms with Crippen LogP contribution < -0.4 is 0 Å². The molecule has 1 aromatic heterocycles. The van der Waals surface area contributed by atoms with Gasteiger partial charge < -0.3 is 0 Å². The van der Waals surface area contributed by atoms with Crippen LogP contribution in [0.2, 0.25) is 0 Å². The summed E-state index contributed by atoms with van der Waals surface area (Å²) in [5.74, 6) is 1.11. The maximum absolute atomic E-state index is 4.53. The molecule has 0 radical (unpaired) electrons. The molecule has 1 unspecified atom stereocenters. The van der Waals surface area contributed by atoms with Crippen molar-refractivity contribution in [3.63, 3.8) is 0 Å². The molecule has 1 heterocycles. The van der Waals surface area contributed by atoms with Crippen molar-refractivity contribution in [3.8, 4) is 0 Å². The lowest BCUT2D eigenvalue weighted by Crippen LogP contribution is -2.07. The third-order valence-electron chi connectivity index (χ3n) is 2.68. The zero-order valence-electron chi connectivity index (χ0n) is 9.13. The van der Waals surface area contributed by atoms with Gasteiger partial charge in [0, 0.05) is 12.1 Å². The van der Waals surface area contributed by atoms with Crippen LogP contribution in [0.5, 0.6) is 0 Å². The maximum Gasteiger partial charge on any atom is 0.0620 e. The van der Waals surface area contributed by atoms with Crippen LogP contribution in [-0.2, 0) is 0 Å². The molecule has 13 heavy (non-hydrogen) atoms. The van der Waals surface area contributed by atoms with Crippen LogP contribution in [-0.4, -0.2) is 9.97 Å². The molecular weight excluding hydrogens is 160 g/mol. The third-order valence-corrected chi connectivity index (χ3v) is 2.68. The Morgan fingerprint density at radius 1 is 1.08 bits per heavy atom. The first-order valence-electron chi connectivity index (χ1n) is 4.82. The molecule has 0 aliphatic rings. The second kappa shape index (κ2) is 3.86. The second-order valence-corrected chi connectivity index (χ2v) is 4.00. The van der Waals surface area contributed by atoms with Crippen LogP contribution >= 0.6 is 0 Å². The van der Waals surface area contributed by atoms with E-state index in [4.69, 9.17) is 0 Å². The first kappa shape index (κ1) is 10.2. The minimum absolute atomic E-state index is 0.492. The monoisotopic (exact) mass is 178 g/mol.